The van der Waals surface area contributed by atoms with Gasteiger partial charge in [-0.3, -0.25) is 0 Å². The monoisotopic (exact) mass is 342 g/mol. The van der Waals surface area contributed by atoms with Crippen molar-refractivity contribution in [2.45, 2.75) is 19.9 Å². The first-order chi connectivity index (χ1) is 12.1. The van der Waals surface area contributed by atoms with Crippen molar-refractivity contribution in [2.75, 3.05) is 19.5 Å². The van der Waals surface area contributed by atoms with Crippen molar-refractivity contribution < 1.29 is 14.3 Å². The molecule has 0 saturated carbocycles. The number of anilines is 1. The average Bonchev–Trinajstić information content (AvgIpc) is 3.03. The van der Waals surface area contributed by atoms with Gasteiger partial charge in [-0.1, -0.05) is 6.92 Å². The zero-order valence-electron chi connectivity index (χ0n) is 14.0. The van der Waals surface area contributed by atoms with E-state index in [9.17, 15) is 4.79 Å². The summed E-state index contributed by atoms with van der Waals surface area (Å²) >= 11 is 0. The van der Waals surface area contributed by atoms with Crippen LogP contribution in [0.1, 0.15) is 29.4 Å². The quantitative estimate of drug-likeness (QED) is 0.668. The second-order valence-electron chi connectivity index (χ2n) is 5.33. The number of carbonyl (C=O) groups excluding carboxylic acids is 1. The van der Waals surface area contributed by atoms with Gasteiger partial charge in [0.25, 0.3) is 0 Å². The van der Waals surface area contributed by atoms with E-state index in [1.807, 2.05) is 11.5 Å². The normalized spacial score (nSPS) is 10.8. The van der Waals surface area contributed by atoms with E-state index in [4.69, 9.17) is 15.2 Å². The number of nitrogens with two attached hydrogens (primary N) is 1. The molecule has 0 saturated heterocycles. The fraction of sp³-hybridized carbons (Fsp3) is 0.312. The summed E-state index contributed by atoms with van der Waals surface area (Å²) in [6.45, 7) is 2.94. The summed E-state index contributed by atoms with van der Waals surface area (Å²) in [6.07, 6.45) is 4.02. The summed E-state index contributed by atoms with van der Waals surface area (Å²) in [6, 6.07) is 3.69. The van der Waals surface area contributed by atoms with Crippen LogP contribution in [0.5, 0.6) is 6.01 Å². The summed E-state index contributed by atoms with van der Waals surface area (Å²) < 4.78 is 12.0. The molecule has 130 valence electrons. The minimum absolute atomic E-state index is 0.221. The van der Waals surface area contributed by atoms with E-state index in [1.54, 1.807) is 24.7 Å². The summed E-state index contributed by atoms with van der Waals surface area (Å²) in [5.41, 5.74) is 8.10. The van der Waals surface area contributed by atoms with Gasteiger partial charge in [-0.15, -0.1) is 0 Å². The Kier molecular flexibility index (Phi) is 4.73. The Morgan fingerprint density at radius 3 is 2.92 bits per heavy atom. The first-order valence-corrected chi connectivity index (χ1v) is 7.76. The van der Waals surface area contributed by atoms with Crippen LogP contribution in [-0.2, 0) is 11.3 Å². The lowest BCUT2D eigenvalue weighted by Gasteiger charge is -2.07. The number of nitrogen functional groups attached to an aromatic ring is 1. The molecule has 3 aromatic rings. The topological polar surface area (TPSA) is 118 Å². The number of ether oxygens (including phenoxy) is 2. The van der Waals surface area contributed by atoms with E-state index in [2.05, 4.69) is 19.9 Å². The third kappa shape index (κ3) is 3.49. The fourth-order valence-electron chi connectivity index (χ4n) is 2.30. The average molecular weight is 342 g/mol. The van der Waals surface area contributed by atoms with Crippen LogP contribution in [0.15, 0.2) is 24.7 Å². The van der Waals surface area contributed by atoms with Crippen molar-refractivity contribution in [1.82, 2.24) is 24.5 Å². The van der Waals surface area contributed by atoms with Gasteiger partial charge in [0.15, 0.2) is 17.0 Å². The van der Waals surface area contributed by atoms with Gasteiger partial charge in [0.2, 0.25) is 0 Å². The van der Waals surface area contributed by atoms with E-state index in [0.717, 1.165) is 12.0 Å². The Bertz CT molecular complexity index is 908. The van der Waals surface area contributed by atoms with E-state index in [0.29, 0.717) is 24.3 Å². The number of aromatic nitrogens is 5. The lowest BCUT2D eigenvalue weighted by molar-refractivity contribution is 0.0594. The van der Waals surface area contributed by atoms with E-state index >= 15 is 0 Å². The third-order valence-corrected chi connectivity index (χ3v) is 3.48. The number of hydrogen-bond acceptors (Lipinski definition) is 8. The van der Waals surface area contributed by atoms with Crippen molar-refractivity contribution in [1.29, 1.82) is 0 Å². The zero-order valence-corrected chi connectivity index (χ0v) is 14.0. The molecule has 0 unspecified atom stereocenters. The van der Waals surface area contributed by atoms with Crippen molar-refractivity contribution in [3.8, 4) is 6.01 Å². The molecular weight excluding hydrogens is 324 g/mol. The molecule has 3 heterocycles. The molecular formula is C16H18N6O3. The molecule has 0 radical (unpaired) electrons. The molecule has 0 aliphatic heterocycles. The van der Waals surface area contributed by atoms with Crippen LogP contribution in [0, 0.1) is 0 Å². The van der Waals surface area contributed by atoms with Crippen LogP contribution in [0.2, 0.25) is 0 Å². The SMILES string of the molecule is CCCOc1nc(N)c2ncn(Cc3ccnc(C(=O)OC)c3)c2n1. The Morgan fingerprint density at radius 1 is 1.32 bits per heavy atom. The molecule has 3 rings (SSSR count). The summed E-state index contributed by atoms with van der Waals surface area (Å²) in [7, 11) is 1.32. The summed E-state index contributed by atoms with van der Waals surface area (Å²) in [5, 5.41) is 0. The maximum absolute atomic E-state index is 11.6. The molecule has 0 aliphatic carbocycles. The Morgan fingerprint density at radius 2 is 2.16 bits per heavy atom. The Hall–Kier alpha value is -3.23. The largest absolute Gasteiger partial charge is 0.464 e. The smallest absolute Gasteiger partial charge is 0.356 e. The highest BCUT2D eigenvalue weighted by Crippen LogP contribution is 2.20. The molecule has 9 heteroatoms. The molecule has 25 heavy (non-hydrogen) atoms. The predicted molar refractivity (Wildman–Crippen MR) is 90.2 cm³/mol. The minimum Gasteiger partial charge on any atom is -0.464 e. The number of pyridine rings is 1. The van der Waals surface area contributed by atoms with E-state index < -0.39 is 5.97 Å². The van der Waals surface area contributed by atoms with Gasteiger partial charge in [-0.25, -0.2) is 14.8 Å². The number of methoxy groups -OCH3 is 1. The molecule has 0 spiro atoms. The molecule has 0 bridgehead atoms. The Labute approximate surface area is 143 Å². The first kappa shape index (κ1) is 16.6. The molecule has 3 aromatic heterocycles. The van der Waals surface area contributed by atoms with Crippen LogP contribution in [0.4, 0.5) is 5.82 Å². The molecule has 0 aliphatic rings. The fourth-order valence-corrected chi connectivity index (χ4v) is 2.30. The van der Waals surface area contributed by atoms with Gasteiger partial charge in [0, 0.05) is 6.20 Å². The molecule has 0 atom stereocenters. The lowest BCUT2D eigenvalue weighted by atomic mass is 10.2. The van der Waals surface area contributed by atoms with Gasteiger partial charge in [-0.05, 0) is 24.1 Å². The van der Waals surface area contributed by atoms with Gasteiger partial charge in [-0.2, -0.15) is 9.97 Å². The van der Waals surface area contributed by atoms with Gasteiger partial charge in [0.1, 0.15) is 5.69 Å². The van der Waals surface area contributed by atoms with Crippen molar-refractivity contribution in [2.24, 2.45) is 0 Å². The van der Waals surface area contributed by atoms with Crippen LogP contribution < -0.4 is 10.5 Å². The number of fused-ring (bicyclic) bond motifs is 1. The summed E-state index contributed by atoms with van der Waals surface area (Å²) in [5.74, 6) is -0.223. The van der Waals surface area contributed by atoms with Crippen molar-refractivity contribution in [3.05, 3.63) is 35.9 Å². The highest BCUT2D eigenvalue weighted by atomic mass is 16.5. The zero-order chi connectivity index (χ0) is 17.8. The van der Waals surface area contributed by atoms with E-state index in [1.165, 1.54) is 7.11 Å². The number of esters is 1. The third-order valence-electron chi connectivity index (χ3n) is 3.48. The standard InChI is InChI=1S/C16H18N6O3/c1-3-6-25-16-20-13(17)12-14(21-16)22(9-19-12)8-10-4-5-18-11(7-10)15(23)24-2/h4-5,7,9H,3,6,8H2,1-2H3,(H2,17,20,21). The summed E-state index contributed by atoms with van der Waals surface area (Å²) in [4.78, 5) is 28.4. The lowest BCUT2D eigenvalue weighted by Crippen LogP contribution is -2.07. The number of imidazole rings is 1. The Balaban J connectivity index is 1.93. The maximum Gasteiger partial charge on any atom is 0.356 e. The molecule has 2 N–H and O–H groups in total. The molecule has 0 amide bonds. The first-order valence-electron chi connectivity index (χ1n) is 7.76. The number of hydrogen-bond donors (Lipinski definition) is 1. The number of rotatable bonds is 6. The van der Waals surface area contributed by atoms with Crippen LogP contribution in [0.3, 0.4) is 0 Å². The van der Waals surface area contributed by atoms with Crippen molar-refractivity contribution in [3.63, 3.8) is 0 Å². The van der Waals surface area contributed by atoms with Crippen LogP contribution in [0.25, 0.3) is 11.2 Å². The van der Waals surface area contributed by atoms with Gasteiger partial charge in [0.05, 0.1) is 26.6 Å². The maximum atomic E-state index is 11.6. The second-order valence-corrected chi connectivity index (χ2v) is 5.33. The molecule has 9 nitrogen and oxygen atoms in total. The highest BCUT2D eigenvalue weighted by Gasteiger charge is 2.13. The van der Waals surface area contributed by atoms with Gasteiger partial charge < -0.3 is 19.8 Å². The molecule has 0 aromatic carbocycles. The van der Waals surface area contributed by atoms with E-state index in [-0.39, 0.29) is 17.5 Å². The minimum atomic E-state index is -0.487. The van der Waals surface area contributed by atoms with Crippen LogP contribution in [-0.4, -0.2) is 44.2 Å². The molecule has 0 fully saturated rings. The number of nitrogens with zero attached hydrogens (tertiary/aromatic N) is 5. The van der Waals surface area contributed by atoms with Crippen LogP contribution >= 0.6 is 0 Å². The number of carbonyl (C=O) groups is 1. The predicted octanol–water partition coefficient (Wildman–Crippen LogP) is 1.43. The highest BCUT2D eigenvalue weighted by molar-refractivity contribution is 5.87. The van der Waals surface area contributed by atoms with Crippen molar-refractivity contribution >= 4 is 23.0 Å². The second kappa shape index (κ2) is 7.12. The van der Waals surface area contributed by atoms with Gasteiger partial charge >= 0.3 is 12.0 Å².